The second kappa shape index (κ2) is 7.45. The van der Waals surface area contributed by atoms with Crippen molar-refractivity contribution in [3.05, 3.63) is 0 Å². The molecule has 100 valence electrons. The number of nitrogens with two attached hydrogens (primary N) is 1. The van der Waals surface area contributed by atoms with Gasteiger partial charge >= 0.3 is 19.5 Å². The van der Waals surface area contributed by atoms with E-state index in [4.69, 9.17) is 10.3 Å². The third kappa shape index (κ3) is 5.84. The molecule has 0 amide bonds. The smallest absolute Gasteiger partial charge is 0.383 e. The van der Waals surface area contributed by atoms with Gasteiger partial charge in [0.05, 0.1) is 12.1 Å². The highest BCUT2D eigenvalue weighted by molar-refractivity contribution is 7.54. The predicted octanol–water partition coefficient (Wildman–Crippen LogP) is 1.68. The quantitative estimate of drug-likeness (QED) is 0.703. The first kappa shape index (κ1) is 16.1. The third-order valence-electron chi connectivity index (χ3n) is 2.22. The van der Waals surface area contributed by atoms with Crippen molar-refractivity contribution in [1.82, 2.24) is 0 Å². The molecule has 0 fully saturated rings. The van der Waals surface area contributed by atoms with Crippen molar-refractivity contribution in [2.24, 2.45) is 11.7 Å². The van der Waals surface area contributed by atoms with E-state index in [9.17, 15) is 14.2 Å². The number of hydrogen-bond acceptors (Lipinski definition) is 6. The summed E-state index contributed by atoms with van der Waals surface area (Å²) in [5, 5.41) is 0. The van der Waals surface area contributed by atoms with Gasteiger partial charge in [0.2, 0.25) is 0 Å². The van der Waals surface area contributed by atoms with E-state index < -0.39 is 19.5 Å². The van der Waals surface area contributed by atoms with Crippen molar-refractivity contribution in [3.8, 4) is 0 Å². The monoisotopic (exact) mass is 265 g/mol. The summed E-state index contributed by atoms with van der Waals surface area (Å²) in [4.78, 5) is 22.4. The number of carbonyl (C=O) groups excluding carboxylic acids is 2. The van der Waals surface area contributed by atoms with Gasteiger partial charge in [0.25, 0.3) is 0 Å². The van der Waals surface area contributed by atoms with Crippen molar-refractivity contribution in [2.45, 2.75) is 33.6 Å². The zero-order valence-electron chi connectivity index (χ0n) is 10.5. The molecular formula is C10H20NO5P. The lowest BCUT2D eigenvalue weighted by Gasteiger charge is -2.19. The fourth-order valence-electron chi connectivity index (χ4n) is 1.30. The van der Waals surface area contributed by atoms with E-state index in [0.717, 1.165) is 6.92 Å². The van der Waals surface area contributed by atoms with Gasteiger partial charge < -0.3 is 14.8 Å². The van der Waals surface area contributed by atoms with E-state index in [1.165, 1.54) is 0 Å². The maximum Gasteiger partial charge on any atom is 0.436 e. The molecule has 0 saturated heterocycles. The molecule has 0 bridgehead atoms. The molecule has 17 heavy (non-hydrogen) atoms. The lowest BCUT2D eigenvalue weighted by atomic mass is 10.0. The fourth-order valence-corrected chi connectivity index (χ4v) is 2.65. The molecule has 0 aromatic carbocycles. The molecular weight excluding hydrogens is 245 g/mol. The van der Waals surface area contributed by atoms with Gasteiger partial charge in [0, 0.05) is 13.5 Å². The van der Waals surface area contributed by atoms with Gasteiger partial charge in [-0.25, -0.2) is 4.57 Å². The van der Waals surface area contributed by atoms with Crippen LogP contribution in [0, 0.1) is 5.92 Å². The zero-order valence-corrected chi connectivity index (χ0v) is 11.4. The van der Waals surface area contributed by atoms with Crippen LogP contribution in [0.25, 0.3) is 0 Å². The zero-order chi connectivity index (χ0) is 13.5. The Hall–Kier alpha value is -0.870. The molecule has 0 aliphatic carbocycles. The average molecular weight is 265 g/mol. The van der Waals surface area contributed by atoms with Crippen LogP contribution in [0.4, 0.5) is 0 Å². The van der Waals surface area contributed by atoms with Crippen molar-refractivity contribution >= 4 is 19.5 Å². The van der Waals surface area contributed by atoms with E-state index in [1.54, 1.807) is 0 Å². The van der Waals surface area contributed by atoms with E-state index in [2.05, 4.69) is 4.52 Å². The number of rotatable bonds is 7. The van der Waals surface area contributed by atoms with Crippen LogP contribution >= 0.6 is 7.60 Å². The molecule has 0 spiro atoms. The summed E-state index contributed by atoms with van der Waals surface area (Å²) in [6.07, 6.45) is 1.01. The predicted molar refractivity (Wildman–Crippen MR) is 63.5 cm³/mol. The minimum atomic E-state index is -3.74. The topological polar surface area (TPSA) is 95.7 Å². The molecule has 0 rings (SSSR count). The Morgan fingerprint density at radius 1 is 1.24 bits per heavy atom. The summed E-state index contributed by atoms with van der Waals surface area (Å²) in [5.41, 5.74) is 5.25. The summed E-state index contributed by atoms with van der Waals surface area (Å²) in [7, 11) is -3.74. The Labute approximate surface area is 101 Å². The summed E-state index contributed by atoms with van der Waals surface area (Å²) >= 11 is 0. The lowest BCUT2D eigenvalue weighted by molar-refractivity contribution is -0.141. The second-order valence-electron chi connectivity index (χ2n) is 3.63. The van der Waals surface area contributed by atoms with Crippen LogP contribution in [0.5, 0.6) is 0 Å². The Morgan fingerprint density at radius 2 is 1.76 bits per heavy atom. The minimum Gasteiger partial charge on any atom is -0.383 e. The second-order valence-corrected chi connectivity index (χ2v) is 5.66. The van der Waals surface area contributed by atoms with Crippen LogP contribution in [-0.4, -0.2) is 24.6 Å². The largest absolute Gasteiger partial charge is 0.436 e. The fraction of sp³-hybridized carbons (Fsp3) is 0.800. The van der Waals surface area contributed by atoms with Gasteiger partial charge in [-0.05, 0) is 12.8 Å². The van der Waals surface area contributed by atoms with Gasteiger partial charge in [-0.3, -0.25) is 9.59 Å². The molecule has 2 N–H and O–H groups in total. The summed E-state index contributed by atoms with van der Waals surface area (Å²) < 4.78 is 21.4. The Bertz CT molecular complexity index is 314. The average Bonchev–Trinajstić information content (AvgIpc) is 2.17. The van der Waals surface area contributed by atoms with Crippen LogP contribution in [0.15, 0.2) is 0 Å². The van der Waals surface area contributed by atoms with Gasteiger partial charge in [-0.15, -0.1) is 0 Å². The van der Waals surface area contributed by atoms with E-state index in [0.29, 0.717) is 12.8 Å². The van der Waals surface area contributed by atoms with Gasteiger partial charge in [-0.2, -0.15) is 0 Å². The summed E-state index contributed by atoms with van der Waals surface area (Å²) in [5.74, 6) is -1.69. The standard InChI is InChI=1S/C10H20NO5P/c1-4-9(5-2)10(13)16-17(14,7-6-11)15-8(3)12/h9H,4-7,11H2,1-3H3. The van der Waals surface area contributed by atoms with Crippen molar-refractivity contribution < 1.29 is 23.2 Å². The number of hydrogen-bond donors (Lipinski definition) is 1. The third-order valence-corrected chi connectivity index (χ3v) is 4.02. The van der Waals surface area contributed by atoms with Gasteiger partial charge in [0.1, 0.15) is 0 Å². The molecule has 0 aliphatic heterocycles. The Kier molecular flexibility index (Phi) is 7.07. The van der Waals surface area contributed by atoms with Crippen LogP contribution in [0.2, 0.25) is 0 Å². The Morgan fingerprint density at radius 3 is 2.12 bits per heavy atom. The molecule has 1 unspecified atom stereocenters. The maximum atomic E-state index is 12.0. The van der Waals surface area contributed by atoms with Crippen molar-refractivity contribution in [1.29, 1.82) is 0 Å². The molecule has 0 aromatic rings. The minimum absolute atomic E-state index is 0.0146. The normalized spacial score (nSPS) is 14.2. The molecule has 0 radical (unpaired) electrons. The highest BCUT2D eigenvalue weighted by atomic mass is 31.2. The van der Waals surface area contributed by atoms with E-state index in [-0.39, 0.29) is 18.6 Å². The highest BCUT2D eigenvalue weighted by Gasteiger charge is 2.32. The van der Waals surface area contributed by atoms with Gasteiger partial charge in [0.15, 0.2) is 0 Å². The van der Waals surface area contributed by atoms with Gasteiger partial charge in [-0.1, -0.05) is 13.8 Å². The highest BCUT2D eigenvalue weighted by Crippen LogP contribution is 2.48. The Balaban J connectivity index is 4.69. The van der Waals surface area contributed by atoms with Crippen LogP contribution < -0.4 is 5.73 Å². The van der Waals surface area contributed by atoms with Crippen molar-refractivity contribution in [2.75, 3.05) is 12.7 Å². The molecule has 6 nitrogen and oxygen atoms in total. The molecule has 0 heterocycles. The summed E-state index contributed by atoms with van der Waals surface area (Å²) in [6, 6.07) is 0. The first-order chi connectivity index (χ1) is 7.88. The first-order valence-electron chi connectivity index (χ1n) is 5.61. The van der Waals surface area contributed by atoms with E-state index >= 15 is 0 Å². The lowest BCUT2D eigenvalue weighted by Crippen LogP contribution is -2.19. The first-order valence-corrected chi connectivity index (χ1v) is 7.34. The van der Waals surface area contributed by atoms with Crippen molar-refractivity contribution in [3.63, 3.8) is 0 Å². The molecule has 0 aromatic heterocycles. The molecule has 0 aliphatic rings. The maximum absolute atomic E-state index is 12.0. The van der Waals surface area contributed by atoms with E-state index in [1.807, 2.05) is 13.8 Å². The molecule has 7 heteroatoms. The van der Waals surface area contributed by atoms with Crippen LogP contribution in [0.3, 0.4) is 0 Å². The van der Waals surface area contributed by atoms with Crippen LogP contribution in [-0.2, 0) is 23.2 Å². The SMILES string of the molecule is CCC(CC)C(=O)OP(=O)(CCN)OC(C)=O. The molecule has 1 atom stereocenters. The molecule has 0 saturated carbocycles. The summed E-state index contributed by atoms with van der Waals surface area (Å²) in [6.45, 7) is 4.78. The van der Waals surface area contributed by atoms with Crippen LogP contribution in [0.1, 0.15) is 33.6 Å². The number of carbonyl (C=O) groups is 2.